The van der Waals surface area contributed by atoms with E-state index in [9.17, 15) is 0 Å². The average Bonchev–Trinajstić information content (AvgIpc) is 2.26. The first-order valence-corrected chi connectivity index (χ1v) is 6.03. The van der Waals surface area contributed by atoms with E-state index in [-0.39, 0.29) is 11.6 Å². The smallest absolute Gasteiger partial charge is 0.125 e. The van der Waals surface area contributed by atoms with Crippen molar-refractivity contribution in [2.75, 3.05) is 0 Å². The molecular formula is C15H17NO. The Morgan fingerprint density at radius 3 is 2.76 bits per heavy atom. The minimum atomic E-state index is -0.172. The van der Waals surface area contributed by atoms with Crippen molar-refractivity contribution in [1.29, 1.82) is 0 Å². The van der Waals surface area contributed by atoms with E-state index in [1.165, 1.54) is 10.8 Å². The van der Waals surface area contributed by atoms with Gasteiger partial charge in [-0.25, -0.2) is 0 Å². The number of fused-ring (bicyclic) bond motifs is 3. The third-order valence-electron chi connectivity index (χ3n) is 3.40. The second-order valence-electron chi connectivity index (χ2n) is 5.37. The van der Waals surface area contributed by atoms with Gasteiger partial charge in [-0.3, -0.25) is 0 Å². The Morgan fingerprint density at radius 2 is 1.94 bits per heavy atom. The second kappa shape index (κ2) is 3.47. The molecule has 17 heavy (non-hydrogen) atoms. The molecule has 2 nitrogen and oxygen atoms in total. The van der Waals surface area contributed by atoms with Gasteiger partial charge in [-0.05, 0) is 30.7 Å². The molecule has 0 saturated carbocycles. The molecule has 2 aromatic rings. The standard InChI is InChI=1S/C15H17NO/c1-15(2)9-12(16)14-11-6-4-3-5-10(11)7-8-13(14)17-15/h3-8,12H,9,16H2,1-2H3. The van der Waals surface area contributed by atoms with Gasteiger partial charge in [0, 0.05) is 18.0 Å². The monoisotopic (exact) mass is 227 g/mol. The van der Waals surface area contributed by atoms with Crippen LogP contribution in [0.25, 0.3) is 10.8 Å². The fourth-order valence-corrected chi connectivity index (χ4v) is 2.72. The van der Waals surface area contributed by atoms with Crippen molar-refractivity contribution < 1.29 is 4.74 Å². The number of hydrogen-bond donors (Lipinski definition) is 1. The van der Waals surface area contributed by atoms with Crippen molar-refractivity contribution in [2.45, 2.75) is 31.9 Å². The summed E-state index contributed by atoms with van der Waals surface area (Å²) in [7, 11) is 0. The van der Waals surface area contributed by atoms with Crippen molar-refractivity contribution in [3.63, 3.8) is 0 Å². The zero-order chi connectivity index (χ0) is 12.0. The molecule has 0 aliphatic carbocycles. The molecule has 0 spiro atoms. The van der Waals surface area contributed by atoms with Crippen LogP contribution >= 0.6 is 0 Å². The Kier molecular flexibility index (Phi) is 2.17. The Labute approximate surface area is 101 Å². The van der Waals surface area contributed by atoms with E-state index >= 15 is 0 Å². The van der Waals surface area contributed by atoms with Crippen LogP contribution in [0.4, 0.5) is 0 Å². The van der Waals surface area contributed by atoms with Crippen molar-refractivity contribution in [1.82, 2.24) is 0 Å². The summed E-state index contributed by atoms with van der Waals surface area (Å²) in [6, 6.07) is 12.5. The number of nitrogens with two attached hydrogens (primary N) is 1. The molecule has 1 aliphatic rings. The van der Waals surface area contributed by atoms with Gasteiger partial charge >= 0.3 is 0 Å². The predicted octanol–water partition coefficient (Wildman–Crippen LogP) is 3.40. The van der Waals surface area contributed by atoms with Crippen LogP contribution in [0, 0.1) is 0 Å². The fourth-order valence-electron chi connectivity index (χ4n) is 2.72. The highest BCUT2D eigenvalue weighted by atomic mass is 16.5. The molecule has 1 heterocycles. The van der Waals surface area contributed by atoms with E-state index < -0.39 is 0 Å². The Bertz CT molecular complexity index is 574. The van der Waals surface area contributed by atoms with Crippen molar-refractivity contribution >= 4 is 10.8 Å². The Balaban J connectivity index is 2.27. The van der Waals surface area contributed by atoms with Gasteiger partial charge in [-0.2, -0.15) is 0 Å². The Morgan fingerprint density at radius 1 is 1.18 bits per heavy atom. The lowest BCUT2D eigenvalue weighted by Gasteiger charge is -2.36. The van der Waals surface area contributed by atoms with Gasteiger partial charge in [-0.1, -0.05) is 30.3 Å². The van der Waals surface area contributed by atoms with E-state index in [0.717, 1.165) is 17.7 Å². The summed E-state index contributed by atoms with van der Waals surface area (Å²) < 4.78 is 6.02. The lowest BCUT2D eigenvalue weighted by molar-refractivity contribution is 0.0736. The highest BCUT2D eigenvalue weighted by Gasteiger charge is 2.32. The number of hydrogen-bond acceptors (Lipinski definition) is 2. The molecule has 3 rings (SSSR count). The van der Waals surface area contributed by atoms with Gasteiger partial charge in [0.2, 0.25) is 0 Å². The van der Waals surface area contributed by atoms with Gasteiger partial charge in [-0.15, -0.1) is 0 Å². The van der Waals surface area contributed by atoms with Gasteiger partial charge in [0.05, 0.1) is 0 Å². The molecular weight excluding hydrogens is 210 g/mol. The number of benzene rings is 2. The van der Waals surface area contributed by atoms with Crippen LogP contribution < -0.4 is 10.5 Å². The minimum Gasteiger partial charge on any atom is -0.487 e. The minimum absolute atomic E-state index is 0.0554. The average molecular weight is 227 g/mol. The van der Waals surface area contributed by atoms with E-state index in [4.69, 9.17) is 10.5 Å². The summed E-state index contributed by atoms with van der Waals surface area (Å²) in [6.07, 6.45) is 0.855. The lowest BCUT2D eigenvalue weighted by Crippen LogP contribution is -2.37. The maximum absolute atomic E-state index is 6.31. The zero-order valence-electron chi connectivity index (χ0n) is 10.2. The summed E-state index contributed by atoms with van der Waals surface area (Å²) in [4.78, 5) is 0. The first-order chi connectivity index (χ1) is 8.07. The molecule has 0 bridgehead atoms. The summed E-state index contributed by atoms with van der Waals surface area (Å²) >= 11 is 0. The highest BCUT2D eigenvalue weighted by molar-refractivity contribution is 5.88. The van der Waals surface area contributed by atoms with E-state index in [1.807, 2.05) is 12.1 Å². The quantitative estimate of drug-likeness (QED) is 0.748. The van der Waals surface area contributed by atoms with Crippen LogP contribution in [0.2, 0.25) is 0 Å². The topological polar surface area (TPSA) is 35.2 Å². The number of rotatable bonds is 0. The first-order valence-electron chi connectivity index (χ1n) is 6.03. The second-order valence-corrected chi connectivity index (χ2v) is 5.37. The lowest BCUT2D eigenvalue weighted by atomic mass is 9.87. The zero-order valence-corrected chi connectivity index (χ0v) is 10.2. The molecule has 0 fully saturated rings. The molecule has 0 radical (unpaired) electrons. The van der Waals surface area contributed by atoms with Crippen LogP contribution in [0.3, 0.4) is 0 Å². The van der Waals surface area contributed by atoms with E-state index in [0.29, 0.717) is 0 Å². The summed E-state index contributed by atoms with van der Waals surface area (Å²) in [6.45, 7) is 4.18. The van der Waals surface area contributed by atoms with Gasteiger partial charge < -0.3 is 10.5 Å². The highest BCUT2D eigenvalue weighted by Crippen LogP contribution is 2.41. The summed E-state index contributed by atoms with van der Waals surface area (Å²) in [5.41, 5.74) is 7.29. The van der Waals surface area contributed by atoms with Gasteiger partial charge in [0.15, 0.2) is 0 Å². The van der Waals surface area contributed by atoms with Crippen LogP contribution in [-0.2, 0) is 0 Å². The normalized spacial score (nSPS) is 21.9. The van der Waals surface area contributed by atoms with Crippen molar-refractivity contribution in [2.24, 2.45) is 5.73 Å². The van der Waals surface area contributed by atoms with Crippen LogP contribution in [-0.4, -0.2) is 5.60 Å². The van der Waals surface area contributed by atoms with E-state index in [1.54, 1.807) is 0 Å². The molecule has 2 N–H and O–H groups in total. The molecule has 2 heteroatoms. The van der Waals surface area contributed by atoms with E-state index in [2.05, 4.69) is 38.1 Å². The van der Waals surface area contributed by atoms with Crippen LogP contribution in [0.15, 0.2) is 36.4 Å². The maximum Gasteiger partial charge on any atom is 0.125 e. The molecule has 1 aliphatic heterocycles. The molecule has 0 amide bonds. The predicted molar refractivity (Wildman–Crippen MR) is 70.2 cm³/mol. The molecule has 2 aromatic carbocycles. The van der Waals surface area contributed by atoms with Gasteiger partial charge in [0.25, 0.3) is 0 Å². The third kappa shape index (κ3) is 1.69. The third-order valence-corrected chi connectivity index (χ3v) is 3.40. The van der Waals surface area contributed by atoms with Crippen LogP contribution in [0.5, 0.6) is 5.75 Å². The fraction of sp³-hybridized carbons (Fsp3) is 0.333. The molecule has 0 saturated heterocycles. The first kappa shape index (κ1) is 10.6. The summed E-state index contributed by atoms with van der Waals surface area (Å²) in [5, 5.41) is 2.44. The SMILES string of the molecule is CC1(C)CC(N)c2c(ccc3ccccc23)O1. The molecule has 88 valence electrons. The maximum atomic E-state index is 6.31. The molecule has 0 aromatic heterocycles. The van der Waals surface area contributed by atoms with Gasteiger partial charge in [0.1, 0.15) is 11.4 Å². The van der Waals surface area contributed by atoms with Crippen molar-refractivity contribution in [3.05, 3.63) is 42.0 Å². The Hall–Kier alpha value is -1.54. The summed E-state index contributed by atoms with van der Waals surface area (Å²) in [5.74, 6) is 0.937. The van der Waals surface area contributed by atoms with Crippen molar-refractivity contribution in [3.8, 4) is 5.75 Å². The number of ether oxygens (including phenoxy) is 1. The largest absolute Gasteiger partial charge is 0.487 e. The molecule has 1 atom stereocenters. The molecule has 1 unspecified atom stereocenters. The van der Waals surface area contributed by atoms with Crippen LogP contribution in [0.1, 0.15) is 31.9 Å².